The van der Waals surface area contributed by atoms with Gasteiger partial charge in [0.05, 0.1) is 19.6 Å². The minimum absolute atomic E-state index is 0.179. The Morgan fingerprint density at radius 2 is 1.94 bits per heavy atom. The fourth-order valence-corrected chi connectivity index (χ4v) is 4.27. The number of nitrogens with zero attached hydrogens (tertiary/aromatic N) is 1. The summed E-state index contributed by atoms with van der Waals surface area (Å²) in [4.78, 5) is 55.5. The molecule has 0 spiro atoms. The van der Waals surface area contributed by atoms with E-state index in [4.69, 9.17) is 15.2 Å². The molecule has 0 radical (unpaired) electrons. The van der Waals surface area contributed by atoms with E-state index in [1.54, 1.807) is 27.0 Å². The molecular formula is C25H34N4O6. The van der Waals surface area contributed by atoms with Crippen LogP contribution in [0.25, 0.3) is 10.9 Å². The van der Waals surface area contributed by atoms with Crippen LogP contribution in [0, 0.1) is 0 Å². The first-order chi connectivity index (χ1) is 16.5. The smallest absolute Gasteiger partial charge is 0.328 e. The molecule has 3 atom stereocenters. The number of aromatic amines is 1. The van der Waals surface area contributed by atoms with Gasteiger partial charge in [0.2, 0.25) is 11.8 Å². The average molecular weight is 487 g/mol. The van der Waals surface area contributed by atoms with Crippen molar-refractivity contribution in [3.05, 3.63) is 36.0 Å². The summed E-state index contributed by atoms with van der Waals surface area (Å²) in [7, 11) is 1.28. The summed E-state index contributed by atoms with van der Waals surface area (Å²) < 4.78 is 10.1. The van der Waals surface area contributed by atoms with E-state index in [0.717, 1.165) is 16.5 Å². The number of nitrogens with two attached hydrogens (primary N) is 1. The topological polar surface area (TPSA) is 144 Å². The van der Waals surface area contributed by atoms with Gasteiger partial charge in [0.15, 0.2) is 0 Å². The maximum absolute atomic E-state index is 13.6. The molecule has 2 amide bonds. The van der Waals surface area contributed by atoms with Crippen LogP contribution in [0.4, 0.5) is 0 Å². The summed E-state index contributed by atoms with van der Waals surface area (Å²) in [5.41, 5.74) is 7.00. The van der Waals surface area contributed by atoms with E-state index in [9.17, 15) is 19.2 Å². The predicted molar refractivity (Wildman–Crippen MR) is 129 cm³/mol. The highest BCUT2D eigenvalue weighted by atomic mass is 16.6. The average Bonchev–Trinajstić information content (AvgIpc) is 3.44. The van der Waals surface area contributed by atoms with E-state index in [1.165, 1.54) is 12.0 Å². The van der Waals surface area contributed by atoms with Gasteiger partial charge in [-0.1, -0.05) is 18.2 Å². The summed E-state index contributed by atoms with van der Waals surface area (Å²) in [6.07, 6.45) is 2.78. The second kappa shape index (κ2) is 10.9. The van der Waals surface area contributed by atoms with Crippen LogP contribution in [0.5, 0.6) is 0 Å². The van der Waals surface area contributed by atoms with E-state index in [2.05, 4.69) is 10.3 Å². The Labute approximate surface area is 204 Å². The normalized spacial score (nSPS) is 17.6. The number of amides is 2. The number of carbonyl (C=O) groups excluding carboxylic acids is 4. The van der Waals surface area contributed by atoms with E-state index >= 15 is 0 Å². The number of fused-ring (bicyclic) bond motifs is 1. The Balaban J connectivity index is 1.80. The second-order valence-corrected chi connectivity index (χ2v) is 9.73. The summed E-state index contributed by atoms with van der Waals surface area (Å²) in [6, 6.07) is 4.73. The van der Waals surface area contributed by atoms with Gasteiger partial charge in [-0.15, -0.1) is 0 Å². The third-order valence-electron chi connectivity index (χ3n) is 5.87. The first-order valence-corrected chi connectivity index (χ1v) is 11.7. The van der Waals surface area contributed by atoms with Gasteiger partial charge >= 0.3 is 11.9 Å². The van der Waals surface area contributed by atoms with Crippen molar-refractivity contribution in [3.63, 3.8) is 0 Å². The molecule has 2 aromatic rings. The Morgan fingerprint density at radius 1 is 1.23 bits per heavy atom. The molecular weight excluding hydrogens is 452 g/mol. The summed E-state index contributed by atoms with van der Waals surface area (Å²) in [5.74, 6) is -2.15. The molecule has 10 nitrogen and oxygen atoms in total. The Morgan fingerprint density at radius 3 is 2.63 bits per heavy atom. The molecule has 1 saturated heterocycles. The number of carbonyl (C=O) groups is 4. The van der Waals surface area contributed by atoms with Gasteiger partial charge in [-0.05, 0) is 45.2 Å². The van der Waals surface area contributed by atoms with Gasteiger partial charge in [-0.3, -0.25) is 14.4 Å². The van der Waals surface area contributed by atoms with Crippen LogP contribution >= 0.6 is 0 Å². The lowest BCUT2D eigenvalue weighted by atomic mass is 10.0. The van der Waals surface area contributed by atoms with Gasteiger partial charge in [0, 0.05) is 30.1 Å². The van der Waals surface area contributed by atoms with Crippen molar-refractivity contribution in [2.45, 2.75) is 70.2 Å². The molecule has 0 saturated carbocycles. The zero-order chi connectivity index (χ0) is 25.8. The van der Waals surface area contributed by atoms with Gasteiger partial charge < -0.3 is 30.4 Å². The molecule has 1 aliphatic heterocycles. The largest absolute Gasteiger partial charge is 0.467 e. The van der Waals surface area contributed by atoms with Crippen molar-refractivity contribution in [2.24, 2.45) is 5.73 Å². The highest BCUT2D eigenvalue weighted by Crippen LogP contribution is 2.23. The number of para-hydroxylation sites is 1. The number of hydrogen-bond acceptors (Lipinski definition) is 7. The van der Waals surface area contributed by atoms with Crippen molar-refractivity contribution in [3.8, 4) is 0 Å². The fraction of sp³-hybridized carbons (Fsp3) is 0.520. The number of esters is 2. The first kappa shape index (κ1) is 26.2. The van der Waals surface area contributed by atoms with Crippen molar-refractivity contribution < 1.29 is 28.7 Å². The number of ether oxygens (including phenoxy) is 2. The van der Waals surface area contributed by atoms with Gasteiger partial charge in [0.25, 0.3) is 0 Å². The van der Waals surface area contributed by atoms with Crippen molar-refractivity contribution >= 4 is 34.7 Å². The van der Waals surface area contributed by atoms with Crippen LogP contribution < -0.4 is 11.1 Å². The second-order valence-electron chi connectivity index (χ2n) is 9.73. The van der Waals surface area contributed by atoms with E-state index in [-0.39, 0.29) is 12.8 Å². The van der Waals surface area contributed by atoms with Gasteiger partial charge in [-0.2, -0.15) is 0 Å². The lowest BCUT2D eigenvalue weighted by molar-refractivity contribution is -0.156. The van der Waals surface area contributed by atoms with Crippen LogP contribution in [0.15, 0.2) is 30.5 Å². The van der Waals surface area contributed by atoms with Crippen LogP contribution in [-0.4, -0.2) is 71.0 Å². The zero-order valence-electron chi connectivity index (χ0n) is 20.6. The number of methoxy groups -OCH3 is 1. The maximum atomic E-state index is 13.6. The standard InChI is InChI=1S/C25H34N4O6/c1-25(2,3)35-21(30)13-17(26)22(31)28-19(12-15-14-27-18-9-6-5-8-16(15)18)23(32)29-11-7-10-20(29)24(33)34-4/h5-6,8-9,14,17,19-20,27H,7,10-13,26H2,1-4H3,(H,28,31)/t17-,19-,20-/m0/s1. The van der Waals surface area contributed by atoms with Gasteiger partial charge in [0.1, 0.15) is 17.7 Å². The highest BCUT2D eigenvalue weighted by Gasteiger charge is 2.39. The maximum Gasteiger partial charge on any atom is 0.328 e. The van der Waals surface area contributed by atoms with E-state index < -0.39 is 47.5 Å². The first-order valence-electron chi connectivity index (χ1n) is 11.7. The van der Waals surface area contributed by atoms with Crippen LogP contribution in [-0.2, 0) is 35.1 Å². The molecule has 4 N–H and O–H groups in total. The molecule has 35 heavy (non-hydrogen) atoms. The summed E-state index contributed by atoms with van der Waals surface area (Å²) in [5, 5.41) is 3.63. The number of rotatable bonds is 8. The summed E-state index contributed by atoms with van der Waals surface area (Å²) in [6.45, 7) is 5.54. The summed E-state index contributed by atoms with van der Waals surface area (Å²) >= 11 is 0. The SMILES string of the molecule is COC(=O)[C@@H]1CCCN1C(=O)[C@H](Cc1c[nH]c2ccccc12)NC(=O)[C@@H](N)CC(=O)OC(C)(C)C. The number of nitrogens with one attached hydrogen (secondary N) is 2. The molecule has 190 valence electrons. The minimum Gasteiger partial charge on any atom is -0.467 e. The monoisotopic (exact) mass is 486 g/mol. The third kappa shape index (κ3) is 6.60. The Hall–Kier alpha value is -3.40. The molecule has 1 aromatic carbocycles. The van der Waals surface area contributed by atoms with Crippen molar-refractivity contribution in [1.82, 2.24) is 15.2 Å². The van der Waals surface area contributed by atoms with Crippen LogP contribution in [0.3, 0.4) is 0 Å². The third-order valence-corrected chi connectivity index (χ3v) is 5.87. The minimum atomic E-state index is -1.20. The zero-order valence-corrected chi connectivity index (χ0v) is 20.6. The molecule has 1 aromatic heterocycles. The number of likely N-dealkylation sites (tertiary alicyclic amines) is 1. The van der Waals surface area contributed by atoms with Crippen molar-refractivity contribution in [1.29, 1.82) is 0 Å². The van der Waals surface area contributed by atoms with Gasteiger partial charge in [-0.25, -0.2) is 4.79 Å². The lowest BCUT2D eigenvalue weighted by Crippen LogP contribution is -2.55. The Bertz CT molecular complexity index is 1090. The Kier molecular flexibility index (Phi) is 8.16. The molecule has 0 bridgehead atoms. The number of benzene rings is 1. The molecule has 1 aliphatic rings. The number of H-pyrrole nitrogens is 1. The predicted octanol–water partition coefficient (Wildman–Crippen LogP) is 1.42. The molecule has 3 rings (SSSR count). The molecule has 0 unspecified atom stereocenters. The molecule has 10 heteroatoms. The number of hydrogen-bond donors (Lipinski definition) is 3. The molecule has 1 fully saturated rings. The quantitative estimate of drug-likeness (QED) is 0.479. The lowest BCUT2D eigenvalue weighted by Gasteiger charge is -2.28. The van der Waals surface area contributed by atoms with E-state index in [1.807, 2.05) is 24.3 Å². The van der Waals surface area contributed by atoms with Crippen LogP contribution in [0.1, 0.15) is 45.6 Å². The number of aromatic nitrogens is 1. The molecule has 0 aliphatic carbocycles. The molecule has 2 heterocycles. The fourth-order valence-electron chi connectivity index (χ4n) is 4.27. The van der Waals surface area contributed by atoms with E-state index in [0.29, 0.717) is 19.4 Å². The highest BCUT2D eigenvalue weighted by molar-refractivity contribution is 5.94. The van der Waals surface area contributed by atoms with Crippen LogP contribution in [0.2, 0.25) is 0 Å². The van der Waals surface area contributed by atoms with Crippen molar-refractivity contribution in [2.75, 3.05) is 13.7 Å².